The highest BCUT2D eigenvalue weighted by Crippen LogP contribution is 2.20. The third-order valence-corrected chi connectivity index (χ3v) is 2.74. The number of aromatic nitrogens is 1. The molecule has 1 amide bonds. The molecule has 0 radical (unpaired) electrons. The van der Waals surface area contributed by atoms with Gasteiger partial charge in [-0.1, -0.05) is 6.58 Å². The fraction of sp³-hybridized carbons (Fsp3) is 0.364. The third kappa shape index (κ3) is 1.35. The van der Waals surface area contributed by atoms with Gasteiger partial charge in [-0.15, -0.1) is 0 Å². The van der Waals surface area contributed by atoms with Gasteiger partial charge in [0.1, 0.15) is 0 Å². The van der Waals surface area contributed by atoms with Gasteiger partial charge >= 0.3 is 0 Å². The van der Waals surface area contributed by atoms with Crippen molar-refractivity contribution < 1.29 is 4.79 Å². The van der Waals surface area contributed by atoms with Gasteiger partial charge in [-0.25, -0.2) is 0 Å². The maximum Gasteiger partial charge on any atom is 0.219 e. The molecular weight excluding hydrogens is 176 g/mol. The first-order valence-corrected chi connectivity index (χ1v) is 4.79. The predicted molar refractivity (Wildman–Crippen MR) is 55.6 cm³/mol. The van der Waals surface area contributed by atoms with Gasteiger partial charge in [-0.3, -0.25) is 4.79 Å². The largest absolute Gasteiger partial charge is 0.338 e. The Labute approximate surface area is 83.6 Å². The third-order valence-electron chi connectivity index (χ3n) is 2.74. The maximum absolute atomic E-state index is 11.2. The molecule has 0 aromatic carbocycles. The van der Waals surface area contributed by atoms with E-state index >= 15 is 0 Å². The molecule has 2 rings (SSSR count). The van der Waals surface area contributed by atoms with Crippen molar-refractivity contribution in [3.63, 3.8) is 0 Å². The van der Waals surface area contributed by atoms with Crippen molar-refractivity contribution in [2.75, 3.05) is 6.54 Å². The van der Waals surface area contributed by atoms with Crippen molar-refractivity contribution in [1.29, 1.82) is 0 Å². The lowest BCUT2D eigenvalue weighted by Gasteiger charge is -2.26. The molecule has 74 valence electrons. The van der Waals surface area contributed by atoms with E-state index in [1.807, 2.05) is 21.9 Å². The van der Waals surface area contributed by atoms with Crippen molar-refractivity contribution >= 4 is 12.1 Å². The lowest BCUT2D eigenvalue weighted by atomic mass is 10.1. The number of hydrogen-bond acceptors (Lipinski definition) is 1. The van der Waals surface area contributed by atoms with E-state index in [9.17, 15) is 4.79 Å². The van der Waals surface area contributed by atoms with Crippen molar-refractivity contribution in [3.8, 4) is 0 Å². The molecule has 2 heterocycles. The number of carbonyl (C=O) groups is 1. The molecule has 0 bridgehead atoms. The van der Waals surface area contributed by atoms with Crippen LogP contribution in [0, 0.1) is 0 Å². The summed E-state index contributed by atoms with van der Waals surface area (Å²) in [5, 5.41) is 0. The summed E-state index contributed by atoms with van der Waals surface area (Å²) < 4.78 is 2.03. The highest BCUT2D eigenvalue weighted by molar-refractivity contribution is 5.73. The predicted octanol–water partition coefficient (Wildman–Crippen LogP) is 1.49. The summed E-state index contributed by atoms with van der Waals surface area (Å²) in [5.74, 6) is 0.155. The maximum atomic E-state index is 11.2. The van der Waals surface area contributed by atoms with Crippen molar-refractivity contribution in [3.05, 3.63) is 30.1 Å². The zero-order chi connectivity index (χ0) is 10.1. The quantitative estimate of drug-likeness (QED) is 0.658. The summed E-state index contributed by atoms with van der Waals surface area (Å²) in [6.45, 7) is 6.93. The van der Waals surface area contributed by atoms with E-state index in [4.69, 9.17) is 0 Å². The molecule has 3 nitrogen and oxygen atoms in total. The number of hydrogen-bond donors (Lipinski definition) is 0. The van der Waals surface area contributed by atoms with Gasteiger partial charge in [0, 0.05) is 44.5 Å². The number of amides is 1. The summed E-state index contributed by atoms with van der Waals surface area (Å²) in [6.07, 6.45) is 4.73. The average Bonchev–Trinajstić information content (AvgIpc) is 2.59. The second-order valence-electron chi connectivity index (χ2n) is 3.57. The normalized spacial score (nSPS) is 15.1. The highest BCUT2D eigenvalue weighted by Gasteiger charge is 2.19. The van der Waals surface area contributed by atoms with Crippen LogP contribution >= 0.6 is 0 Å². The second-order valence-corrected chi connectivity index (χ2v) is 3.57. The Kier molecular flexibility index (Phi) is 2.15. The molecule has 1 aromatic rings. The lowest BCUT2D eigenvalue weighted by molar-refractivity contribution is -0.129. The monoisotopic (exact) mass is 190 g/mol. The number of rotatable bonds is 1. The van der Waals surface area contributed by atoms with Crippen LogP contribution in [-0.2, 0) is 17.8 Å². The minimum absolute atomic E-state index is 0.155. The van der Waals surface area contributed by atoms with Crippen molar-refractivity contribution in [2.45, 2.75) is 19.9 Å². The van der Waals surface area contributed by atoms with Crippen LogP contribution < -0.4 is 0 Å². The second kappa shape index (κ2) is 3.33. The van der Waals surface area contributed by atoms with Crippen LogP contribution in [0.1, 0.15) is 18.2 Å². The van der Waals surface area contributed by atoms with Crippen LogP contribution in [-0.4, -0.2) is 21.9 Å². The Balaban J connectivity index is 2.28. The van der Waals surface area contributed by atoms with Gasteiger partial charge in [0.25, 0.3) is 0 Å². The van der Waals surface area contributed by atoms with Gasteiger partial charge in [0.15, 0.2) is 0 Å². The van der Waals surface area contributed by atoms with Crippen LogP contribution in [0.3, 0.4) is 0 Å². The van der Waals surface area contributed by atoms with Crippen molar-refractivity contribution in [2.24, 2.45) is 0 Å². The number of fused-ring (bicyclic) bond motifs is 1. The Hall–Kier alpha value is -1.51. The first-order valence-electron chi connectivity index (χ1n) is 4.79. The molecule has 3 heteroatoms. The van der Waals surface area contributed by atoms with E-state index in [0.29, 0.717) is 0 Å². The molecule has 1 aliphatic rings. The Morgan fingerprint density at radius 3 is 3.07 bits per heavy atom. The van der Waals surface area contributed by atoms with E-state index in [1.54, 1.807) is 6.92 Å². The molecule has 0 aliphatic carbocycles. The van der Waals surface area contributed by atoms with Crippen LogP contribution in [0.4, 0.5) is 0 Å². The van der Waals surface area contributed by atoms with E-state index in [1.165, 1.54) is 11.3 Å². The minimum Gasteiger partial charge on any atom is -0.338 e. The molecule has 0 N–H and O–H groups in total. The zero-order valence-electron chi connectivity index (χ0n) is 8.36. The van der Waals surface area contributed by atoms with Gasteiger partial charge < -0.3 is 9.47 Å². The van der Waals surface area contributed by atoms with Gasteiger partial charge in [-0.05, 0) is 11.6 Å². The van der Waals surface area contributed by atoms with E-state index in [0.717, 1.165) is 19.5 Å². The van der Waals surface area contributed by atoms with Crippen LogP contribution in [0.2, 0.25) is 0 Å². The molecular formula is C11H14N2O. The van der Waals surface area contributed by atoms with Crippen LogP contribution in [0.15, 0.2) is 18.8 Å². The molecule has 0 spiro atoms. The molecule has 14 heavy (non-hydrogen) atoms. The lowest BCUT2D eigenvalue weighted by Crippen LogP contribution is -2.34. The summed E-state index contributed by atoms with van der Waals surface area (Å²) in [4.78, 5) is 13.1. The Bertz CT molecular complexity index is 379. The Morgan fingerprint density at radius 2 is 2.43 bits per heavy atom. The topological polar surface area (TPSA) is 25.2 Å². The highest BCUT2D eigenvalue weighted by atomic mass is 16.2. The van der Waals surface area contributed by atoms with Crippen LogP contribution in [0.5, 0.6) is 0 Å². The SMILES string of the molecule is C=Cn1ccc2c1CCN(C(C)=O)C2. The van der Waals surface area contributed by atoms with E-state index in [-0.39, 0.29) is 5.91 Å². The smallest absolute Gasteiger partial charge is 0.219 e. The summed E-state index contributed by atoms with van der Waals surface area (Å²) >= 11 is 0. The van der Waals surface area contributed by atoms with E-state index < -0.39 is 0 Å². The summed E-state index contributed by atoms with van der Waals surface area (Å²) in [7, 11) is 0. The van der Waals surface area contributed by atoms with Gasteiger partial charge in [-0.2, -0.15) is 0 Å². The summed E-state index contributed by atoms with van der Waals surface area (Å²) in [6, 6.07) is 2.06. The first-order chi connectivity index (χ1) is 6.72. The Morgan fingerprint density at radius 1 is 1.64 bits per heavy atom. The fourth-order valence-electron chi connectivity index (χ4n) is 1.92. The summed E-state index contributed by atoms with van der Waals surface area (Å²) in [5.41, 5.74) is 2.53. The van der Waals surface area contributed by atoms with Crippen LogP contribution in [0.25, 0.3) is 6.20 Å². The standard InChI is InChI=1S/C11H14N2O/c1-3-12-6-4-10-8-13(9(2)14)7-5-11(10)12/h3-4,6H,1,5,7-8H2,2H3. The van der Waals surface area contributed by atoms with E-state index in [2.05, 4.69) is 12.6 Å². The average molecular weight is 190 g/mol. The minimum atomic E-state index is 0.155. The zero-order valence-corrected chi connectivity index (χ0v) is 8.36. The molecule has 1 aromatic heterocycles. The molecule has 0 saturated heterocycles. The molecule has 0 saturated carbocycles. The van der Waals surface area contributed by atoms with Gasteiger partial charge in [0.2, 0.25) is 5.91 Å². The molecule has 0 atom stereocenters. The van der Waals surface area contributed by atoms with Crippen molar-refractivity contribution in [1.82, 2.24) is 9.47 Å². The number of nitrogens with zero attached hydrogens (tertiary/aromatic N) is 2. The molecule has 1 aliphatic heterocycles. The van der Waals surface area contributed by atoms with Gasteiger partial charge in [0.05, 0.1) is 0 Å². The fourth-order valence-corrected chi connectivity index (χ4v) is 1.92. The first kappa shape index (κ1) is 9.06. The number of carbonyl (C=O) groups excluding carboxylic acids is 1. The molecule has 0 fully saturated rings. The molecule has 0 unspecified atom stereocenters.